The van der Waals surface area contributed by atoms with Crippen molar-refractivity contribution in [1.82, 2.24) is 0 Å². The van der Waals surface area contributed by atoms with Crippen molar-refractivity contribution in [3.63, 3.8) is 0 Å². The van der Waals surface area contributed by atoms with Crippen molar-refractivity contribution in [3.8, 4) is 0 Å². The minimum Gasteiger partial charge on any atom is -0.402 e. The van der Waals surface area contributed by atoms with Crippen LogP contribution in [-0.4, -0.2) is 5.25 Å². The first-order chi connectivity index (χ1) is 6.86. The van der Waals surface area contributed by atoms with Gasteiger partial charge in [0, 0.05) is 21.8 Å². The van der Waals surface area contributed by atoms with E-state index in [0.29, 0.717) is 5.25 Å². The molecule has 2 heteroatoms. The molecule has 74 valence electrons. The molecule has 0 spiro atoms. The van der Waals surface area contributed by atoms with Gasteiger partial charge >= 0.3 is 0 Å². The van der Waals surface area contributed by atoms with Crippen molar-refractivity contribution in [2.24, 2.45) is 11.7 Å². The second-order valence-corrected chi connectivity index (χ2v) is 5.46. The normalized spacial score (nSPS) is 35.3. The molecule has 0 radical (unpaired) electrons. The van der Waals surface area contributed by atoms with Gasteiger partial charge in [0.15, 0.2) is 0 Å². The number of thioether (sulfide) groups is 1. The Morgan fingerprint density at radius 1 is 1.36 bits per heavy atom. The van der Waals surface area contributed by atoms with Crippen LogP contribution in [-0.2, 0) is 0 Å². The fraction of sp³-hybridized carbons (Fsp3) is 0.500. The number of allylic oxidation sites excluding steroid dienone is 4. The van der Waals surface area contributed by atoms with E-state index in [1.54, 1.807) is 0 Å². The molecule has 2 atom stereocenters. The summed E-state index contributed by atoms with van der Waals surface area (Å²) in [4.78, 5) is 1.48. The Hall–Kier alpha value is -0.630. The van der Waals surface area contributed by atoms with Crippen molar-refractivity contribution >= 4 is 11.8 Å². The van der Waals surface area contributed by atoms with Gasteiger partial charge in [-0.1, -0.05) is 18.2 Å². The van der Waals surface area contributed by atoms with Gasteiger partial charge in [-0.3, -0.25) is 0 Å². The average molecular weight is 205 g/mol. The quantitative estimate of drug-likeness (QED) is 0.615. The topological polar surface area (TPSA) is 26.0 Å². The molecular weight excluding hydrogens is 190 g/mol. The summed E-state index contributed by atoms with van der Waals surface area (Å²) in [6.45, 7) is 0. The Labute approximate surface area is 89.1 Å². The minimum absolute atomic E-state index is 0.682. The SMILES string of the molecule is NC1=C2C(=CCC1)SC1C=CCCC21. The third-order valence-electron chi connectivity index (χ3n) is 3.36. The van der Waals surface area contributed by atoms with Gasteiger partial charge in [0.2, 0.25) is 0 Å². The van der Waals surface area contributed by atoms with Crippen molar-refractivity contribution in [2.75, 3.05) is 0 Å². The molecule has 0 amide bonds. The van der Waals surface area contributed by atoms with Crippen LogP contribution in [0.5, 0.6) is 0 Å². The zero-order chi connectivity index (χ0) is 9.54. The highest BCUT2D eigenvalue weighted by atomic mass is 32.2. The molecule has 2 N–H and O–H groups in total. The van der Waals surface area contributed by atoms with Crippen LogP contribution in [0.25, 0.3) is 0 Å². The van der Waals surface area contributed by atoms with E-state index in [2.05, 4.69) is 18.2 Å². The molecular formula is C12H15NS. The third-order valence-corrected chi connectivity index (χ3v) is 4.75. The summed E-state index contributed by atoms with van der Waals surface area (Å²) in [6.07, 6.45) is 11.8. The van der Waals surface area contributed by atoms with Gasteiger partial charge in [-0.05, 0) is 31.3 Å². The highest BCUT2D eigenvalue weighted by Gasteiger charge is 2.37. The molecule has 1 aliphatic heterocycles. The van der Waals surface area contributed by atoms with Gasteiger partial charge in [0.25, 0.3) is 0 Å². The first-order valence-corrected chi connectivity index (χ1v) is 6.26. The van der Waals surface area contributed by atoms with Gasteiger partial charge in [-0.15, -0.1) is 11.8 Å². The first kappa shape index (κ1) is 8.66. The summed E-state index contributed by atoms with van der Waals surface area (Å²) < 4.78 is 0. The molecule has 14 heavy (non-hydrogen) atoms. The summed E-state index contributed by atoms with van der Waals surface area (Å²) in [5.74, 6) is 0.719. The van der Waals surface area contributed by atoms with E-state index < -0.39 is 0 Å². The van der Waals surface area contributed by atoms with Crippen molar-refractivity contribution < 1.29 is 0 Å². The van der Waals surface area contributed by atoms with Crippen LogP contribution in [0.15, 0.2) is 34.4 Å². The molecule has 1 saturated heterocycles. The number of rotatable bonds is 0. The van der Waals surface area contributed by atoms with Gasteiger partial charge in [0.1, 0.15) is 0 Å². The third kappa shape index (κ3) is 1.17. The van der Waals surface area contributed by atoms with Crippen LogP contribution >= 0.6 is 11.8 Å². The minimum atomic E-state index is 0.682. The van der Waals surface area contributed by atoms with Crippen molar-refractivity contribution in [1.29, 1.82) is 0 Å². The molecule has 3 rings (SSSR count). The first-order valence-electron chi connectivity index (χ1n) is 5.38. The summed E-state index contributed by atoms with van der Waals surface area (Å²) in [5.41, 5.74) is 8.79. The van der Waals surface area contributed by atoms with E-state index in [1.165, 1.54) is 23.3 Å². The Morgan fingerprint density at radius 3 is 3.21 bits per heavy atom. The number of hydrogen-bond donors (Lipinski definition) is 1. The van der Waals surface area contributed by atoms with E-state index in [0.717, 1.165) is 24.5 Å². The second-order valence-electron chi connectivity index (χ2n) is 4.24. The average Bonchev–Trinajstić information content (AvgIpc) is 2.57. The van der Waals surface area contributed by atoms with Gasteiger partial charge < -0.3 is 5.73 Å². The van der Waals surface area contributed by atoms with E-state index in [-0.39, 0.29) is 0 Å². The van der Waals surface area contributed by atoms with E-state index in [9.17, 15) is 0 Å². The standard InChI is InChI=1S/C12H15NS/c13-9-5-3-7-11-12(9)8-4-1-2-6-10(8)14-11/h2,6-8,10H,1,3-5,13H2. The Bertz CT molecular complexity index is 351. The van der Waals surface area contributed by atoms with Crippen molar-refractivity contribution in [2.45, 2.75) is 30.9 Å². The maximum atomic E-state index is 6.13. The lowest BCUT2D eigenvalue weighted by atomic mass is 9.84. The van der Waals surface area contributed by atoms with Gasteiger partial charge in [-0.2, -0.15) is 0 Å². The molecule has 0 saturated carbocycles. The molecule has 1 nitrogen and oxygen atoms in total. The second kappa shape index (κ2) is 3.20. The lowest BCUT2D eigenvalue weighted by Crippen LogP contribution is -2.17. The fourth-order valence-electron chi connectivity index (χ4n) is 2.68. The smallest absolute Gasteiger partial charge is 0.0344 e. The Kier molecular flexibility index (Phi) is 1.98. The zero-order valence-corrected chi connectivity index (χ0v) is 9.02. The van der Waals surface area contributed by atoms with Crippen molar-refractivity contribution in [3.05, 3.63) is 34.4 Å². The summed E-state index contributed by atoms with van der Waals surface area (Å²) in [5, 5.41) is 0.682. The monoisotopic (exact) mass is 205 g/mol. The summed E-state index contributed by atoms with van der Waals surface area (Å²) in [7, 11) is 0. The Balaban J connectivity index is 2.04. The van der Waals surface area contributed by atoms with E-state index in [1.807, 2.05) is 11.8 Å². The maximum Gasteiger partial charge on any atom is 0.0344 e. The number of hydrogen-bond acceptors (Lipinski definition) is 2. The number of fused-ring (bicyclic) bond motifs is 3. The molecule has 0 bridgehead atoms. The molecule has 0 aromatic heterocycles. The largest absolute Gasteiger partial charge is 0.402 e. The Morgan fingerprint density at radius 2 is 2.29 bits per heavy atom. The predicted molar refractivity (Wildman–Crippen MR) is 61.8 cm³/mol. The highest BCUT2D eigenvalue weighted by molar-refractivity contribution is 8.04. The summed E-state index contributed by atoms with van der Waals surface area (Å²) >= 11 is 2.02. The summed E-state index contributed by atoms with van der Waals surface area (Å²) in [6, 6.07) is 0. The predicted octanol–water partition coefficient (Wildman–Crippen LogP) is 2.96. The molecule has 0 aromatic carbocycles. The lowest BCUT2D eigenvalue weighted by molar-refractivity contribution is 0.574. The lowest BCUT2D eigenvalue weighted by Gasteiger charge is -2.21. The zero-order valence-electron chi connectivity index (χ0n) is 8.20. The molecule has 2 aliphatic carbocycles. The van der Waals surface area contributed by atoms with Crippen LogP contribution in [0, 0.1) is 5.92 Å². The number of nitrogens with two attached hydrogens (primary N) is 1. The van der Waals surface area contributed by atoms with Crippen LogP contribution in [0.3, 0.4) is 0 Å². The molecule has 2 unspecified atom stereocenters. The van der Waals surface area contributed by atoms with E-state index >= 15 is 0 Å². The fourth-order valence-corrected chi connectivity index (χ4v) is 4.22. The van der Waals surface area contributed by atoms with E-state index in [4.69, 9.17) is 5.73 Å². The van der Waals surface area contributed by atoms with Gasteiger partial charge in [0.05, 0.1) is 0 Å². The van der Waals surface area contributed by atoms with Gasteiger partial charge in [-0.25, -0.2) is 0 Å². The maximum absolute atomic E-state index is 6.13. The van der Waals surface area contributed by atoms with Crippen LogP contribution in [0.2, 0.25) is 0 Å². The molecule has 1 heterocycles. The highest BCUT2D eigenvalue weighted by Crippen LogP contribution is 2.52. The van der Waals surface area contributed by atoms with Crippen LogP contribution in [0.4, 0.5) is 0 Å². The van der Waals surface area contributed by atoms with Crippen LogP contribution in [0.1, 0.15) is 25.7 Å². The molecule has 3 aliphatic rings. The molecule has 0 aromatic rings. The molecule has 1 fully saturated rings. The van der Waals surface area contributed by atoms with Crippen LogP contribution < -0.4 is 5.73 Å².